The highest BCUT2D eigenvalue weighted by Gasteiger charge is 2.13. The Bertz CT molecular complexity index is 632. The first-order valence-corrected chi connectivity index (χ1v) is 8.06. The van der Waals surface area contributed by atoms with E-state index in [2.05, 4.69) is 56.4 Å². The zero-order valence-electron chi connectivity index (χ0n) is 13.4. The highest BCUT2D eigenvalue weighted by Crippen LogP contribution is 2.28. The molecule has 0 saturated heterocycles. The SMILES string of the molecule is Cc1cc(C)c(CCc2cccc3c2NCCC3)c(C)c1. The Hall–Kier alpha value is -1.76. The van der Waals surface area contributed by atoms with Gasteiger partial charge in [-0.25, -0.2) is 0 Å². The zero-order chi connectivity index (χ0) is 14.8. The van der Waals surface area contributed by atoms with E-state index >= 15 is 0 Å². The fraction of sp³-hybridized carbons (Fsp3) is 0.400. The maximum absolute atomic E-state index is 3.61. The van der Waals surface area contributed by atoms with Crippen LogP contribution in [0.1, 0.15) is 39.8 Å². The smallest absolute Gasteiger partial charge is 0.0405 e. The summed E-state index contributed by atoms with van der Waals surface area (Å²) in [6, 6.07) is 11.4. The normalized spacial score (nSPS) is 13.7. The molecule has 0 amide bonds. The average molecular weight is 279 g/mol. The third kappa shape index (κ3) is 2.97. The molecule has 1 aliphatic heterocycles. The van der Waals surface area contributed by atoms with Gasteiger partial charge in [0.1, 0.15) is 0 Å². The lowest BCUT2D eigenvalue weighted by atomic mass is 9.92. The lowest BCUT2D eigenvalue weighted by molar-refractivity contribution is 0.819. The number of para-hydroxylation sites is 1. The van der Waals surface area contributed by atoms with E-state index in [4.69, 9.17) is 0 Å². The second kappa shape index (κ2) is 5.93. The molecule has 1 heteroatoms. The molecule has 0 unspecified atom stereocenters. The van der Waals surface area contributed by atoms with Crippen molar-refractivity contribution >= 4 is 5.69 Å². The minimum atomic E-state index is 1.12. The Balaban J connectivity index is 1.83. The number of hydrogen-bond acceptors (Lipinski definition) is 1. The van der Waals surface area contributed by atoms with E-state index in [1.807, 2.05) is 0 Å². The summed E-state index contributed by atoms with van der Waals surface area (Å²) in [4.78, 5) is 0. The van der Waals surface area contributed by atoms with Crippen LogP contribution in [0.25, 0.3) is 0 Å². The van der Waals surface area contributed by atoms with E-state index in [1.54, 1.807) is 0 Å². The van der Waals surface area contributed by atoms with Crippen LogP contribution in [0.2, 0.25) is 0 Å². The van der Waals surface area contributed by atoms with Crippen LogP contribution in [0.4, 0.5) is 5.69 Å². The lowest BCUT2D eigenvalue weighted by Crippen LogP contribution is -2.14. The second-order valence-electron chi connectivity index (χ2n) is 6.36. The summed E-state index contributed by atoms with van der Waals surface area (Å²) in [5.41, 5.74) is 10.1. The predicted molar refractivity (Wildman–Crippen MR) is 91.3 cm³/mol. The van der Waals surface area contributed by atoms with Gasteiger partial charge < -0.3 is 5.32 Å². The van der Waals surface area contributed by atoms with E-state index in [0.29, 0.717) is 0 Å². The van der Waals surface area contributed by atoms with Crippen LogP contribution in [0.3, 0.4) is 0 Å². The Morgan fingerprint density at radius 1 is 1.00 bits per heavy atom. The molecule has 0 radical (unpaired) electrons. The zero-order valence-corrected chi connectivity index (χ0v) is 13.4. The predicted octanol–water partition coefficient (Wildman–Crippen LogP) is 4.76. The molecule has 1 heterocycles. The molecule has 2 aromatic rings. The van der Waals surface area contributed by atoms with Crippen molar-refractivity contribution in [2.75, 3.05) is 11.9 Å². The van der Waals surface area contributed by atoms with Crippen molar-refractivity contribution in [2.24, 2.45) is 0 Å². The Morgan fingerprint density at radius 3 is 2.52 bits per heavy atom. The van der Waals surface area contributed by atoms with Crippen molar-refractivity contribution in [3.63, 3.8) is 0 Å². The molecule has 3 rings (SSSR count). The van der Waals surface area contributed by atoms with Gasteiger partial charge >= 0.3 is 0 Å². The van der Waals surface area contributed by atoms with E-state index in [9.17, 15) is 0 Å². The van der Waals surface area contributed by atoms with Gasteiger partial charge in [-0.1, -0.05) is 35.9 Å². The molecule has 0 aromatic heterocycles. The van der Waals surface area contributed by atoms with E-state index in [0.717, 1.165) is 19.4 Å². The summed E-state index contributed by atoms with van der Waals surface area (Å²) in [5, 5.41) is 3.61. The molecule has 1 nitrogen and oxygen atoms in total. The van der Waals surface area contributed by atoms with Gasteiger partial charge in [-0.2, -0.15) is 0 Å². The summed E-state index contributed by atoms with van der Waals surface area (Å²) in [5.74, 6) is 0. The third-order valence-electron chi connectivity index (χ3n) is 4.65. The van der Waals surface area contributed by atoms with Crippen molar-refractivity contribution in [3.8, 4) is 0 Å². The third-order valence-corrected chi connectivity index (χ3v) is 4.65. The monoisotopic (exact) mass is 279 g/mol. The van der Waals surface area contributed by atoms with Crippen molar-refractivity contribution in [2.45, 2.75) is 46.5 Å². The molecule has 1 N–H and O–H groups in total. The Labute approximate surface area is 128 Å². The molecule has 0 spiro atoms. The molecule has 110 valence electrons. The number of rotatable bonds is 3. The highest BCUT2D eigenvalue weighted by atomic mass is 14.9. The standard InChI is InChI=1S/C20H25N/c1-14-12-15(2)19(16(3)13-14)10-9-18-7-4-6-17-8-5-11-21-20(17)18/h4,6-7,12-13,21H,5,8-11H2,1-3H3. The van der Waals surface area contributed by atoms with E-state index in [1.165, 1.54) is 51.9 Å². The first kappa shape index (κ1) is 14.2. The summed E-state index contributed by atoms with van der Waals surface area (Å²) < 4.78 is 0. The van der Waals surface area contributed by atoms with Crippen LogP contribution in [0.15, 0.2) is 30.3 Å². The van der Waals surface area contributed by atoms with Gasteiger partial charge in [0, 0.05) is 12.2 Å². The van der Waals surface area contributed by atoms with Gasteiger partial charge in [-0.3, -0.25) is 0 Å². The number of fused-ring (bicyclic) bond motifs is 1. The van der Waals surface area contributed by atoms with Crippen molar-refractivity contribution in [1.82, 2.24) is 0 Å². The summed E-state index contributed by atoms with van der Waals surface area (Å²) in [6.45, 7) is 7.79. The second-order valence-corrected chi connectivity index (χ2v) is 6.36. The molecule has 0 fully saturated rings. The molecular formula is C20H25N. The number of nitrogens with one attached hydrogen (secondary N) is 1. The van der Waals surface area contributed by atoms with Gasteiger partial charge in [0.25, 0.3) is 0 Å². The van der Waals surface area contributed by atoms with Gasteiger partial charge in [-0.15, -0.1) is 0 Å². The van der Waals surface area contributed by atoms with E-state index in [-0.39, 0.29) is 0 Å². The lowest BCUT2D eigenvalue weighted by Gasteiger charge is -2.21. The minimum absolute atomic E-state index is 1.12. The highest BCUT2D eigenvalue weighted by molar-refractivity contribution is 5.59. The van der Waals surface area contributed by atoms with Crippen molar-refractivity contribution < 1.29 is 0 Å². The summed E-state index contributed by atoms with van der Waals surface area (Å²) in [6.07, 6.45) is 4.74. The summed E-state index contributed by atoms with van der Waals surface area (Å²) in [7, 11) is 0. The van der Waals surface area contributed by atoms with Crippen LogP contribution in [-0.4, -0.2) is 6.54 Å². The Kier molecular flexibility index (Phi) is 4.01. The van der Waals surface area contributed by atoms with Crippen LogP contribution >= 0.6 is 0 Å². The Morgan fingerprint density at radius 2 is 1.76 bits per heavy atom. The molecular weight excluding hydrogens is 254 g/mol. The molecule has 0 aliphatic carbocycles. The van der Waals surface area contributed by atoms with Crippen LogP contribution in [0.5, 0.6) is 0 Å². The fourth-order valence-corrected chi connectivity index (χ4v) is 3.65. The first-order valence-electron chi connectivity index (χ1n) is 8.06. The number of benzene rings is 2. The summed E-state index contributed by atoms with van der Waals surface area (Å²) >= 11 is 0. The minimum Gasteiger partial charge on any atom is -0.385 e. The number of aryl methyl sites for hydroxylation is 5. The number of anilines is 1. The largest absolute Gasteiger partial charge is 0.385 e. The number of hydrogen-bond donors (Lipinski definition) is 1. The molecule has 1 aliphatic rings. The topological polar surface area (TPSA) is 12.0 Å². The first-order chi connectivity index (χ1) is 10.1. The van der Waals surface area contributed by atoms with Crippen LogP contribution in [-0.2, 0) is 19.3 Å². The van der Waals surface area contributed by atoms with E-state index < -0.39 is 0 Å². The molecule has 0 atom stereocenters. The average Bonchev–Trinajstić information content (AvgIpc) is 2.46. The molecule has 0 bridgehead atoms. The van der Waals surface area contributed by atoms with Gasteiger partial charge in [0.2, 0.25) is 0 Å². The quantitative estimate of drug-likeness (QED) is 0.854. The van der Waals surface area contributed by atoms with Crippen LogP contribution in [0, 0.1) is 20.8 Å². The van der Waals surface area contributed by atoms with Gasteiger partial charge in [0.15, 0.2) is 0 Å². The van der Waals surface area contributed by atoms with Crippen LogP contribution < -0.4 is 5.32 Å². The molecule has 21 heavy (non-hydrogen) atoms. The maximum atomic E-state index is 3.61. The van der Waals surface area contributed by atoms with Crippen molar-refractivity contribution in [1.29, 1.82) is 0 Å². The van der Waals surface area contributed by atoms with Gasteiger partial charge in [0.05, 0.1) is 0 Å². The molecule has 2 aromatic carbocycles. The van der Waals surface area contributed by atoms with Gasteiger partial charge in [-0.05, 0) is 74.3 Å². The fourth-order valence-electron chi connectivity index (χ4n) is 3.65. The maximum Gasteiger partial charge on any atom is 0.0405 e. The molecule has 0 saturated carbocycles. The van der Waals surface area contributed by atoms with Crippen molar-refractivity contribution in [3.05, 3.63) is 63.7 Å².